The number of rotatable bonds is 3. The summed E-state index contributed by atoms with van der Waals surface area (Å²) in [6.07, 6.45) is 2.98. The number of aryl methyl sites for hydroxylation is 1. The summed E-state index contributed by atoms with van der Waals surface area (Å²) in [5.74, 6) is 0. The zero-order valence-corrected chi connectivity index (χ0v) is 11.1. The van der Waals surface area contributed by atoms with Crippen molar-refractivity contribution in [2.45, 2.75) is 6.42 Å². The predicted molar refractivity (Wildman–Crippen MR) is 67.9 cm³/mol. The standard InChI is InChI=1S/C9H7BrClNS2/c10-4-3-6-5-12-9(13-6)7-1-2-8(11)14-7/h1-2,5H,3-4H2. The Bertz CT molecular complexity index is 424. The zero-order valence-electron chi connectivity index (χ0n) is 7.17. The summed E-state index contributed by atoms with van der Waals surface area (Å²) in [5, 5.41) is 2.05. The van der Waals surface area contributed by atoms with E-state index in [9.17, 15) is 0 Å². The Hall–Kier alpha value is 0.1000. The van der Waals surface area contributed by atoms with Crippen molar-refractivity contribution < 1.29 is 0 Å². The second-order valence-electron chi connectivity index (χ2n) is 2.67. The topological polar surface area (TPSA) is 12.9 Å². The summed E-state index contributed by atoms with van der Waals surface area (Å²) in [4.78, 5) is 6.83. The molecule has 0 radical (unpaired) electrons. The highest BCUT2D eigenvalue weighted by Gasteiger charge is 2.06. The van der Waals surface area contributed by atoms with Crippen LogP contribution in [-0.4, -0.2) is 10.3 Å². The summed E-state index contributed by atoms with van der Waals surface area (Å²) in [6, 6.07) is 3.93. The van der Waals surface area contributed by atoms with Crippen LogP contribution in [0.2, 0.25) is 4.34 Å². The van der Waals surface area contributed by atoms with Crippen molar-refractivity contribution in [2.24, 2.45) is 0 Å². The average molecular weight is 309 g/mol. The van der Waals surface area contributed by atoms with Crippen molar-refractivity contribution in [1.29, 1.82) is 0 Å². The van der Waals surface area contributed by atoms with Crippen LogP contribution in [0.5, 0.6) is 0 Å². The number of thiazole rings is 1. The molecule has 2 aromatic rings. The Morgan fingerprint density at radius 2 is 2.21 bits per heavy atom. The highest BCUT2D eigenvalue weighted by atomic mass is 79.9. The lowest BCUT2D eigenvalue weighted by atomic mass is 10.4. The molecule has 0 aromatic carbocycles. The molecule has 0 saturated heterocycles. The molecule has 0 fully saturated rings. The van der Waals surface area contributed by atoms with Gasteiger partial charge in [-0.1, -0.05) is 27.5 Å². The maximum absolute atomic E-state index is 5.87. The van der Waals surface area contributed by atoms with Gasteiger partial charge in [-0.25, -0.2) is 4.98 Å². The average Bonchev–Trinajstić information content (AvgIpc) is 2.74. The Labute approximate surface area is 104 Å². The van der Waals surface area contributed by atoms with Gasteiger partial charge in [0, 0.05) is 16.4 Å². The van der Waals surface area contributed by atoms with Gasteiger partial charge in [0.2, 0.25) is 0 Å². The molecular formula is C9H7BrClNS2. The molecule has 0 N–H and O–H groups in total. The first-order valence-corrected chi connectivity index (χ1v) is 7.19. The first-order chi connectivity index (χ1) is 6.79. The largest absolute Gasteiger partial charge is 0.243 e. The molecule has 5 heteroatoms. The fraction of sp³-hybridized carbons (Fsp3) is 0.222. The smallest absolute Gasteiger partial charge is 0.133 e. The lowest BCUT2D eigenvalue weighted by Crippen LogP contribution is -1.76. The van der Waals surface area contributed by atoms with Crippen molar-refractivity contribution in [1.82, 2.24) is 4.98 Å². The minimum atomic E-state index is 0.817. The summed E-state index contributed by atoms with van der Waals surface area (Å²) in [6.45, 7) is 0. The van der Waals surface area contributed by atoms with Gasteiger partial charge < -0.3 is 0 Å². The molecule has 14 heavy (non-hydrogen) atoms. The van der Waals surface area contributed by atoms with E-state index in [0.29, 0.717) is 0 Å². The minimum Gasteiger partial charge on any atom is -0.243 e. The molecule has 2 aromatic heterocycles. The van der Waals surface area contributed by atoms with E-state index in [1.807, 2.05) is 18.3 Å². The fourth-order valence-electron chi connectivity index (χ4n) is 1.06. The van der Waals surface area contributed by atoms with Crippen LogP contribution >= 0.6 is 50.2 Å². The van der Waals surface area contributed by atoms with E-state index >= 15 is 0 Å². The normalized spacial score (nSPS) is 10.7. The fourth-order valence-corrected chi connectivity index (χ4v) is 3.77. The predicted octanol–water partition coefficient (Wildman–Crippen LogP) is 4.46. The van der Waals surface area contributed by atoms with Gasteiger partial charge >= 0.3 is 0 Å². The van der Waals surface area contributed by atoms with Crippen LogP contribution in [0.1, 0.15) is 4.88 Å². The summed E-state index contributed by atoms with van der Waals surface area (Å²) < 4.78 is 0.817. The second kappa shape index (κ2) is 4.75. The number of hydrogen-bond donors (Lipinski definition) is 0. The Balaban J connectivity index is 2.24. The van der Waals surface area contributed by atoms with Gasteiger partial charge in [0.15, 0.2) is 0 Å². The molecule has 0 aliphatic heterocycles. The van der Waals surface area contributed by atoms with Crippen LogP contribution in [0.4, 0.5) is 0 Å². The molecule has 0 aliphatic carbocycles. The van der Waals surface area contributed by atoms with E-state index in [2.05, 4.69) is 20.9 Å². The molecule has 1 nitrogen and oxygen atoms in total. The maximum Gasteiger partial charge on any atom is 0.133 e. The van der Waals surface area contributed by atoms with Crippen LogP contribution in [0, 0.1) is 0 Å². The third kappa shape index (κ3) is 2.37. The number of hydrogen-bond acceptors (Lipinski definition) is 3. The quantitative estimate of drug-likeness (QED) is 0.763. The van der Waals surface area contributed by atoms with Gasteiger partial charge in [0.1, 0.15) is 5.01 Å². The van der Waals surface area contributed by atoms with Gasteiger partial charge in [0.05, 0.1) is 9.21 Å². The van der Waals surface area contributed by atoms with Crippen molar-refractivity contribution in [3.63, 3.8) is 0 Å². The SMILES string of the molecule is Clc1ccc(-c2ncc(CCBr)s2)s1. The molecule has 0 atom stereocenters. The van der Waals surface area contributed by atoms with Gasteiger partial charge in [-0.05, 0) is 18.6 Å². The van der Waals surface area contributed by atoms with E-state index in [1.54, 1.807) is 22.7 Å². The minimum absolute atomic E-state index is 0.817. The zero-order chi connectivity index (χ0) is 9.97. The molecular weight excluding hydrogens is 302 g/mol. The van der Waals surface area contributed by atoms with Crippen LogP contribution in [0.25, 0.3) is 9.88 Å². The number of aromatic nitrogens is 1. The lowest BCUT2D eigenvalue weighted by Gasteiger charge is -1.87. The summed E-state index contributed by atoms with van der Waals surface area (Å²) >= 11 is 12.6. The number of halogens is 2. The van der Waals surface area contributed by atoms with E-state index < -0.39 is 0 Å². The number of nitrogens with zero attached hydrogens (tertiary/aromatic N) is 1. The summed E-state index contributed by atoms with van der Waals surface area (Å²) in [7, 11) is 0. The van der Waals surface area contributed by atoms with Crippen LogP contribution in [0.15, 0.2) is 18.3 Å². The van der Waals surface area contributed by atoms with Crippen LogP contribution in [0.3, 0.4) is 0 Å². The van der Waals surface area contributed by atoms with E-state index in [1.165, 1.54) is 4.88 Å². The highest BCUT2D eigenvalue weighted by Crippen LogP contribution is 2.33. The first kappa shape index (κ1) is 10.6. The van der Waals surface area contributed by atoms with E-state index in [4.69, 9.17) is 11.6 Å². The van der Waals surface area contributed by atoms with Gasteiger partial charge in [-0.3, -0.25) is 0 Å². The third-order valence-electron chi connectivity index (χ3n) is 1.68. The lowest BCUT2D eigenvalue weighted by molar-refractivity contribution is 1.20. The highest BCUT2D eigenvalue weighted by molar-refractivity contribution is 9.09. The summed E-state index contributed by atoms with van der Waals surface area (Å²) in [5.41, 5.74) is 0. The van der Waals surface area contributed by atoms with E-state index in [-0.39, 0.29) is 0 Å². The molecule has 0 saturated carbocycles. The first-order valence-electron chi connectivity index (χ1n) is 4.06. The maximum atomic E-state index is 5.87. The molecule has 74 valence electrons. The van der Waals surface area contributed by atoms with Crippen molar-refractivity contribution in [2.75, 3.05) is 5.33 Å². The molecule has 0 aliphatic rings. The Kier molecular flexibility index (Phi) is 3.60. The molecule has 2 rings (SSSR count). The molecule has 0 spiro atoms. The third-order valence-corrected chi connectivity index (χ3v) is 4.53. The van der Waals surface area contributed by atoms with Crippen LogP contribution < -0.4 is 0 Å². The monoisotopic (exact) mass is 307 g/mol. The molecule has 0 unspecified atom stereocenters. The number of thiophene rings is 1. The van der Waals surface area contributed by atoms with Gasteiger partial charge in [-0.15, -0.1) is 22.7 Å². The Morgan fingerprint density at radius 3 is 2.86 bits per heavy atom. The van der Waals surface area contributed by atoms with Crippen molar-refractivity contribution in [3.05, 3.63) is 27.5 Å². The molecule has 0 amide bonds. The molecule has 2 heterocycles. The van der Waals surface area contributed by atoms with Gasteiger partial charge in [-0.2, -0.15) is 0 Å². The van der Waals surface area contributed by atoms with Crippen LogP contribution in [-0.2, 0) is 6.42 Å². The number of alkyl halides is 1. The van der Waals surface area contributed by atoms with E-state index in [0.717, 1.165) is 26.0 Å². The van der Waals surface area contributed by atoms with Crippen molar-refractivity contribution >= 4 is 50.2 Å². The Morgan fingerprint density at radius 1 is 1.36 bits per heavy atom. The second-order valence-corrected chi connectivity index (χ2v) is 6.30. The van der Waals surface area contributed by atoms with Gasteiger partial charge in [0.25, 0.3) is 0 Å². The van der Waals surface area contributed by atoms with Crippen molar-refractivity contribution in [3.8, 4) is 9.88 Å². The molecule has 0 bridgehead atoms.